The average molecular weight is 443 g/mol. The summed E-state index contributed by atoms with van der Waals surface area (Å²) in [5.41, 5.74) is 5.20. The number of aromatic amines is 1. The lowest BCUT2D eigenvalue weighted by molar-refractivity contribution is 0.0988. The number of nitrogens with zero attached hydrogens (tertiary/aromatic N) is 2. The maximum Gasteiger partial charge on any atom is 0.277 e. The van der Waals surface area contributed by atoms with Gasteiger partial charge >= 0.3 is 0 Å². The molecule has 166 valence electrons. The number of rotatable bonds is 5. The highest BCUT2D eigenvalue weighted by molar-refractivity contribution is 6.11. The van der Waals surface area contributed by atoms with E-state index in [2.05, 4.69) is 10.2 Å². The van der Waals surface area contributed by atoms with Gasteiger partial charge in [0.2, 0.25) is 0 Å². The van der Waals surface area contributed by atoms with Crippen LogP contribution in [0, 0.1) is 12.7 Å². The van der Waals surface area contributed by atoms with Gasteiger partial charge < -0.3 is 9.47 Å². The number of nitrogens with one attached hydrogen (secondary N) is 1. The van der Waals surface area contributed by atoms with Crippen LogP contribution in [0.15, 0.2) is 66.7 Å². The number of carbonyl (C=O) groups excluding carboxylic acids is 1. The van der Waals surface area contributed by atoms with E-state index < -0.39 is 6.04 Å². The maximum atomic E-state index is 13.7. The number of aryl methyl sites for hydroxylation is 1. The molecule has 0 fully saturated rings. The van der Waals surface area contributed by atoms with Gasteiger partial charge in [-0.25, -0.2) is 4.39 Å². The van der Waals surface area contributed by atoms with E-state index in [4.69, 9.17) is 9.47 Å². The number of hydrogen-bond acceptors (Lipinski definition) is 4. The van der Waals surface area contributed by atoms with Crippen molar-refractivity contribution in [3.8, 4) is 22.8 Å². The molecule has 1 aliphatic rings. The number of fused-ring (bicyclic) bond motifs is 1. The summed E-state index contributed by atoms with van der Waals surface area (Å²) in [5, 5.41) is 7.44. The van der Waals surface area contributed by atoms with E-state index in [-0.39, 0.29) is 11.7 Å². The van der Waals surface area contributed by atoms with Crippen LogP contribution in [0.4, 0.5) is 10.1 Å². The predicted octanol–water partition coefficient (Wildman–Crippen LogP) is 5.29. The van der Waals surface area contributed by atoms with Crippen LogP contribution in [0.1, 0.15) is 33.2 Å². The summed E-state index contributed by atoms with van der Waals surface area (Å²) in [5.74, 6) is 0.595. The van der Waals surface area contributed by atoms with E-state index >= 15 is 0 Å². The van der Waals surface area contributed by atoms with Gasteiger partial charge in [0.15, 0.2) is 0 Å². The second-order valence-electron chi connectivity index (χ2n) is 7.89. The Labute approximate surface area is 190 Å². The van der Waals surface area contributed by atoms with Crippen molar-refractivity contribution < 1.29 is 18.7 Å². The van der Waals surface area contributed by atoms with Crippen molar-refractivity contribution in [2.75, 3.05) is 19.1 Å². The molecule has 1 N–H and O–H groups in total. The van der Waals surface area contributed by atoms with Crippen LogP contribution in [0.25, 0.3) is 11.3 Å². The van der Waals surface area contributed by atoms with Gasteiger partial charge in [0, 0.05) is 28.4 Å². The molecule has 3 aromatic carbocycles. The first-order chi connectivity index (χ1) is 16.0. The van der Waals surface area contributed by atoms with Gasteiger partial charge in [-0.2, -0.15) is 5.10 Å². The van der Waals surface area contributed by atoms with E-state index in [1.807, 2.05) is 43.3 Å². The van der Waals surface area contributed by atoms with Gasteiger partial charge in [-0.1, -0.05) is 29.8 Å². The number of H-pyrrole nitrogens is 1. The minimum atomic E-state index is -0.533. The van der Waals surface area contributed by atoms with Gasteiger partial charge in [0.05, 0.1) is 26.0 Å². The largest absolute Gasteiger partial charge is 0.497 e. The number of aromatic nitrogens is 2. The van der Waals surface area contributed by atoms with Gasteiger partial charge in [-0.3, -0.25) is 14.8 Å². The number of ether oxygens (including phenoxy) is 2. The van der Waals surface area contributed by atoms with Gasteiger partial charge in [0.25, 0.3) is 5.91 Å². The van der Waals surface area contributed by atoms with Gasteiger partial charge in [-0.15, -0.1) is 0 Å². The summed E-state index contributed by atoms with van der Waals surface area (Å²) in [4.78, 5) is 15.2. The Balaban J connectivity index is 1.74. The second-order valence-corrected chi connectivity index (χ2v) is 7.89. The second kappa shape index (κ2) is 8.09. The molecule has 1 aromatic heterocycles. The lowest BCUT2D eigenvalue weighted by atomic mass is 9.94. The SMILES string of the molecule is COc1ccc([C@H]2c3c(-c4ccc(C)cc4)n[nH]c3C(=O)N2c2ccc(F)cc2)c(OC)c1. The fourth-order valence-corrected chi connectivity index (χ4v) is 4.29. The molecule has 0 unspecified atom stereocenters. The Kier molecular flexibility index (Phi) is 5.09. The van der Waals surface area contributed by atoms with E-state index in [0.29, 0.717) is 28.6 Å². The zero-order valence-corrected chi connectivity index (χ0v) is 18.4. The van der Waals surface area contributed by atoms with E-state index in [9.17, 15) is 9.18 Å². The normalized spacial score (nSPS) is 15.0. The standard InChI is InChI=1S/C26H22FN3O3/c1-15-4-6-16(7-5-15)23-22-24(29-28-23)26(31)30(18-10-8-17(27)9-11-18)25(22)20-13-12-19(32-2)14-21(20)33-3/h4-14,25H,1-3H3,(H,28,29)/t25-/m0/s1. The lowest BCUT2D eigenvalue weighted by Crippen LogP contribution is -2.29. The molecule has 0 bridgehead atoms. The van der Waals surface area contributed by atoms with E-state index in [1.165, 1.54) is 12.1 Å². The first-order valence-electron chi connectivity index (χ1n) is 10.5. The molecule has 0 saturated carbocycles. The molecular formula is C26H22FN3O3. The van der Waals surface area contributed by atoms with Crippen molar-refractivity contribution in [3.63, 3.8) is 0 Å². The van der Waals surface area contributed by atoms with Crippen LogP contribution < -0.4 is 14.4 Å². The van der Waals surface area contributed by atoms with Crippen molar-refractivity contribution >= 4 is 11.6 Å². The van der Waals surface area contributed by atoms with Crippen LogP contribution in [0.5, 0.6) is 11.5 Å². The van der Waals surface area contributed by atoms with Gasteiger partial charge in [0.1, 0.15) is 23.0 Å². The molecule has 0 spiro atoms. The van der Waals surface area contributed by atoms with Crippen molar-refractivity contribution in [1.29, 1.82) is 0 Å². The number of anilines is 1. The molecule has 2 heterocycles. The zero-order valence-electron chi connectivity index (χ0n) is 18.4. The first-order valence-corrected chi connectivity index (χ1v) is 10.5. The van der Waals surface area contributed by atoms with Crippen molar-refractivity contribution in [1.82, 2.24) is 10.2 Å². The summed E-state index contributed by atoms with van der Waals surface area (Å²) < 4.78 is 24.7. The summed E-state index contributed by atoms with van der Waals surface area (Å²) in [6.07, 6.45) is 0. The molecule has 5 rings (SSSR count). The highest BCUT2D eigenvalue weighted by atomic mass is 19.1. The Hall–Kier alpha value is -4.13. The summed E-state index contributed by atoms with van der Waals surface area (Å²) in [7, 11) is 3.16. The third-order valence-corrected chi connectivity index (χ3v) is 5.93. The molecule has 0 saturated heterocycles. The van der Waals surface area contributed by atoms with E-state index in [0.717, 1.165) is 22.3 Å². The average Bonchev–Trinajstić information content (AvgIpc) is 3.39. The number of carbonyl (C=O) groups is 1. The summed E-state index contributed by atoms with van der Waals surface area (Å²) in [6, 6.07) is 18.8. The van der Waals surface area contributed by atoms with Crippen LogP contribution in [0.3, 0.4) is 0 Å². The Morgan fingerprint density at radius 1 is 0.970 bits per heavy atom. The topological polar surface area (TPSA) is 67.5 Å². The number of halogens is 1. The molecule has 0 radical (unpaired) electrons. The van der Waals surface area contributed by atoms with Crippen LogP contribution >= 0.6 is 0 Å². The fraction of sp³-hybridized carbons (Fsp3) is 0.154. The highest BCUT2D eigenvalue weighted by Gasteiger charge is 2.44. The first kappa shape index (κ1) is 20.8. The van der Waals surface area contributed by atoms with Crippen LogP contribution in [-0.4, -0.2) is 30.3 Å². The minimum absolute atomic E-state index is 0.245. The molecule has 1 amide bonds. The molecule has 6 nitrogen and oxygen atoms in total. The smallest absolute Gasteiger partial charge is 0.277 e. The van der Waals surface area contributed by atoms with Crippen molar-refractivity contribution in [3.05, 3.63) is 94.9 Å². The Morgan fingerprint density at radius 3 is 2.36 bits per heavy atom. The molecule has 4 aromatic rings. The highest BCUT2D eigenvalue weighted by Crippen LogP contribution is 2.47. The van der Waals surface area contributed by atoms with Crippen LogP contribution in [-0.2, 0) is 0 Å². The van der Waals surface area contributed by atoms with Crippen molar-refractivity contribution in [2.24, 2.45) is 0 Å². The number of methoxy groups -OCH3 is 2. The fourth-order valence-electron chi connectivity index (χ4n) is 4.29. The Bertz CT molecular complexity index is 1330. The predicted molar refractivity (Wildman–Crippen MR) is 123 cm³/mol. The summed E-state index contributed by atoms with van der Waals surface area (Å²) in [6.45, 7) is 2.02. The maximum absolute atomic E-state index is 13.7. The molecule has 0 aliphatic carbocycles. The quantitative estimate of drug-likeness (QED) is 0.455. The zero-order chi connectivity index (χ0) is 23.1. The Morgan fingerprint density at radius 2 is 1.70 bits per heavy atom. The number of amides is 1. The minimum Gasteiger partial charge on any atom is -0.497 e. The number of hydrogen-bond donors (Lipinski definition) is 1. The molecular weight excluding hydrogens is 421 g/mol. The van der Waals surface area contributed by atoms with Gasteiger partial charge in [-0.05, 0) is 43.3 Å². The van der Waals surface area contributed by atoms with E-state index in [1.54, 1.807) is 37.3 Å². The lowest BCUT2D eigenvalue weighted by Gasteiger charge is -2.27. The monoisotopic (exact) mass is 443 g/mol. The molecule has 7 heteroatoms. The number of benzene rings is 3. The molecule has 1 atom stereocenters. The van der Waals surface area contributed by atoms with Crippen LogP contribution in [0.2, 0.25) is 0 Å². The summed E-state index contributed by atoms with van der Waals surface area (Å²) >= 11 is 0. The molecule has 33 heavy (non-hydrogen) atoms. The third-order valence-electron chi connectivity index (χ3n) is 5.93. The van der Waals surface area contributed by atoms with Crippen molar-refractivity contribution in [2.45, 2.75) is 13.0 Å². The molecule has 1 aliphatic heterocycles. The third kappa shape index (κ3) is 3.42.